The fourth-order valence-electron chi connectivity index (χ4n) is 2.71. The third-order valence-electron chi connectivity index (χ3n) is 4.01. The van der Waals surface area contributed by atoms with Gasteiger partial charge in [-0.15, -0.1) is 0 Å². The SMILES string of the molecule is O=CC(Sc1ccccc1)(C(=O)Cc1ccccc1)c1ccccc1. The minimum atomic E-state index is -1.25. The molecule has 1 atom stereocenters. The van der Waals surface area contributed by atoms with Gasteiger partial charge in [0.25, 0.3) is 0 Å². The Hall–Kier alpha value is -2.65. The molecule has 0 bridgehead atoms. The van der Waals surface area contributed by atoms with E-state index in [1.807, 2.05) is 91.0 Å². The first-order valence-corrected chi connectivity index (χ1v) is 8.89. The van der Waals surface area contributed by atoms with Gasteiger partial charge in [0.1, 0.15) is 6.29 Å². The molecular formula is C22H18O2S. The lowest BCUT2D eigenvalue weighted by Gasteiger charge is -2.27. The summed E-state index contributed by atoms with van der Waals surface area (Å²) in [7, 11) is 0. The van der Waals surface area contributed by atoms with Crippen molar-refractivity contribution in [1.82, 2.24) is 0 Å². The molecule has 3 heteroatoms. The second-order valence-electron chi connectivity index (χ2n) is 5.72. The minimum absolute atomic E-state index is 0.117. The predicted molar refractivity (Wildman–Crippen MR) is 102 cm³/mol. The number of hydrogen-bond donors (Lipinski definition) is 0. The van der Waals surface area contributed by atoms with Crippen molar-refractivity contribution < 1.29 is 9.59 Å². The summed E-state index contributed by atoms with van der Waals surface area (Å²) in [5.41, 5.74) is 1.61. The number of thioether (sulfide) groups is 1. The average Bonchev–Trinajstić information content (AvgIpc) is 2.68. The highest BCUT2D eigenvalue weighted by Crippen LogP contribution is 2.41. The maximum Gasteiger partial charge on any atom is 0.165 e. The van der Waals surface area contributed by atoms with Gasteiger partial charge < -0.3 is 4.79 Å². The van der Waals surface area contributed by atoms with Crippen molar-refractivity contribution in [2.75, 3.05) is 0 Å². The molecule has 0 aliphatic rings. The number of ketones is 1. The molecule has 0 radical (unpaired) electrons. The lowest BCUT2D eigenvalue weighted by molar-refractivity contribution is -0.125. The molecule has 2 nitrogen and oxygen atoms in total. The molecule has 3 aromatic carbocycles. The number of benzene rings is 3. The van der Waals surface area contributed by atoms with E-state index in [1.165, 1.54) is 11.8 Å². The molecule has 0 amide bonds. The zero-order valence-electron chi connectivity index (χ0n) is 13.7. The lowest BCUT2D eigenvalue weighted by atomic mass is 9.91. The zero-order chi connectivity index (χ0) is 17.5. The molecule has 0 N–H and O–H groups in total. The van der Waals surface area contributed by atoms with Crippen molar-refractivity contribution in [3.63, 3.8) is 0 Å². The molecule has 0 aliphatic heterocycles. The van der Waals surface area contributed by atoms with Crippen molar-refractivity contribution >= 4 is 23.8 Å². The fraction of sp³-hybridized carbons (Fsp3) is 0.0909. The fourth-order valence-corrected chi connectivity index (χ4v) is 3.86. The molecule has 0 spiro atoms. The van der Waals surface area contributed by atoms with Gasteiger partial charge in [-0.1, -0.05) is 90.6 Å². The van der Waals surface area contributed by atoms with Crippen molar-refractivity contribution in [3.8, 4) is 0 Å². The molecule has 0 heterocycles. The molecular weight excluding hydrogens is 328 g/mol. The Morgan fingerprint density at radius 3 is 1.88 bits per heavy atom. The molecule has 0 saturated heterocycles. The van der Waals surface area contributed by atoms with Gasteiger partial charge in [-0.3, -0.25) is 4.79 Å². The molecule has 1 unspecified atom stereocenters. The van der Waals surface area contributed by atoms with E-state index >= 15 is 0 Å². The van der Waals surface area contributed by atoms with E-state index < -0.39 is 4.75 Å². The van der Waals surface area contributed by atoms with Crippen LogP contribution in [0.5, 0.6) is 0 Å². The van der Waals surface area contributed by atoms with Gasteiger partial charge in [0.15, 0.2) is 10.5 Å². The first-order valence-electron chi connectivity index (χ1n) is 8.08. The largest absolute Gasteiger partial charge is 0.301 e. The molecule has 0 aromatic heterocycles. The summed E-state index contributed by atoms with van der Waals surface area (Å²) in [5.74, 6) is -0.117. The quantitative estimate of drug-likeness (QED) is 0.354. The number of carbonyl (C=O) groups excluding carboxylic acids is 2. The standard InChI is InChI=1S/C22H18O2S/c23-17-22(19-12-6-2-7-13-19,25-20-14-8-3-9-15-20)21(24)16-18-10-4-1-5-11-18/h1-15,17H,16H2. The highest BCUT2D eigenvalue weighted by molar-refractivity contribution is 8.01. The van der Waals surface area contributed by atoms with Gasteiger partial charge in [-0.25, -0.2) is 0 Å². The van der Waals surface area contributed by atoms with Gasteiger partial charge in [0, 0.05) is 11.3 Å². The zero-order valence-corrected chi connectivity index (χ0v) is 14.5. The smallest absolute Gasteiger partial charge is 0.165 e. The first kappa shape index (κ1) is 17.2. The summed E-state index contributed by atoms with van der Waals surface area (Å²) < 4.78 is -1.25. The van der Waals surface area contributed by atoms with E-state index in [2.05, 4.69) is 0 Å². The van der Waals surface area contributed by atoms with Crippen LogP contribution in [-0.2, 0) is 20.8 Å². The first-order chi connectivity index (χ1) is 12.2. The van der Waals surface area contributed by atoms with Crippen molar-refractivity contribution in [2.24, 2.45) is 0 Å². The number of Topliss-reactive ketones (excluding diaryl/α,β-unsaturated/α-hetero) is 1. The third-order valence-corrected chi connectivity index (χ3v) is 5.40. The monoisotopic (exact) mass is 346 g/mol. The van der Waals surface area contributed by atoms with Crippen LogP contribution in [0.15, 0.2) is 95.9 Å². The molecule has 0 saturated carbocycles. The normalized spacial score (nSPS) is 13.0. The molecule has 25 heavy (non-hydrogen) atoms. The van der Waals surface area contributed by atoms with Crippen LogP contribution in [-0.4, -0.2) is 12.1 Å². The minimum Gasteiger partial charge on any atom is -0.301 e. The Labute approximate surface area is 151 Å². The Morgan fingerprint density at radius 1 is 0.800 bits per heavy atom. The average molecular weight is 346 g/mol. The van der Waals surface area contributed by atoms with Crippen molar-refractivity contribution in [3.05, 3.63) is 102 Å². The summed E-state index contributed by atoms with van der Waals surface area (Å²) >= 11 is 1.30. The topological polar surface area (TPSA) is 34.1 Å². The molecule has 3 aromatic rings. The number of hydrogen-bond acceptors (Lipinski definition) is 3. The second kappa shape index (κ2) is 7.95. The number of rotatable bonds is 7. The molecule has 3 rings (SSSR count). The van der Waals surface area contributed by atoms with Crippen molar-refractivity contribution in [2.45, 2.75) is 16.1 Å². The van der Waals surface area contributed by atoms with Crippen LogP contribution >= 0.6 is 11.8 Å². The number of aldehydes is 1. The van der Waals surface area contributed by atoms with Crippen molar-refractivity contribution in [1.29, 1.82) is 0 Å². The van der Waals surface area contributed by atoms with E-state index in [0.717, 1.165) is 16.7 Å². The third kappa shape index (κ3) is 3.89. The second-order valence-corrected chi connectivity index (χ2v) is 7.04. The van der Waals surface area contributed by atoms with Gasteiger partial charge in [0.05, 0.1) is 0 Å². The van der Waals surface area contributed by atoms with E-state index in [9.17, 15) is 9.59 Å². The summed E-state index contributed by atoms with van der Waals surface area (Å²) in [6.07, 6.45) is 1.000. The highest BCUT2D eigenvalue weighted by atomic mass is 32.2. The van der Waals surface area contributed by atoms with Gasteiger partial charge >= 0.3 is 0 Å². The maximum absolute atomic E-state index is 13.2. The Kier molecular flexibility index (Phi) is 5.46. The number of carbonyl (C=O) groups is 2. The van der Waals surface area contributed by atoms with E-state index in [4.69, 9.17) is 0 Å². The van der Waals surface area contributed by atoms with E-state index in [0.29, 0.717) is 5.56 Å². The maximum atomic E-state index is 13.2. The van der Waals surface area contributed by atoms with Crippen LogP contribution in [0.2, 0.25) is 0 Å². The van der Waals surface area contributed by atoms with E-state index in [1.54, 1.807) is 0 Å². The highest BCUT2D eigenvalue weighted by Gasteiger charge is 2.40. The van der Waals surface area contributed by atoms with Crippen LogP contribution < -0.4 is 0 Å². The lowest BCUT2D eigenvalue weighted by Crippen LogP contribution is -2.35. The molecule has 0 fully saturated rings. The molecule has 124 valence electrons. The molecule has 0 aliphatic carbocycles. The summed E-state index contributed by atoms with van der Waals surface area (Å²) in [5, 5.41) is 0. The predicted octanol–water partition coefficient (Wildman–Crippen LogP) is 4.68. The summed E-state index contributed by atoms with van der Waals surface area (Å²) in [6, 6.07) is 28.4. The Balaban J connectivity index is 2.01. The van der Waals surface area contributed by atoms with Crippen LogP contribution in [0.25, 0.3) is 0 Å². The van der Waals surface area contributed by atoms with Crippen LogP contribution in [0.1, 0.15) is 11.1 Å². The summed E-state index contributed by atoms with van der Waals surface area (Å²) in [6.45, 7) is 0. The van der Waals surface area contributed by atoms with Gasteiger partial charge in [-0.2, -0.15) is 0 Å². The van der Waals surface area contributed by atoms with Crippen LogP contribution in [0.4, 0.5) is 0 Å². The van der Waals surface area contributed by atoms with Gasteiger partial charge in [0.2, 0.25) is 0 Å². The van der Waals surface area contributed by atoms with Crippen LogP contribution in [0.3, 0.4) is 0 Å². The van der Waals surface area contributed by atoms with E-state index in [-0.39, 0.29) is 12.2 Å². The van der Waals surface area contributed by atoms with Gasteiger partial charge in [-0.05, 0) is 23.3 Å². The van der Waals surface area contributed by atoms with Crippen LogP contribution in [0, 0.1) is 0 Å². The Morgan fingerprint density at radius 2 is 1.32 bits per heavy atom. The Bertz CT molecular complexity index is 832. The summed E-state index contributed by atoms with van der Waals surface area (Å²) in [4.78, 5) is 26.3.